The summed E-state index contributed by atoms with van der Waals surface area (Å²) in [7, 11) is 3.59. The number of carbonyl (C=O) groups is 1. The first-order valence-corrected chi connectivity index (χ1v) is 8.34. The number of nitrogens with two attached hydrogens (primary N) is 1. The molecule has 2 N–H and O–H groups in total. The Balaban J connectivity index is 1.68. The zero-order valence-electron chi connectivity index (χ0n) is 13.8. The molecule has 25 heavy (non-hydrogen) atoms. The normalized spacial score (nSPS) is 10.5. The molecule has 3 rings (SSSR count). The van der Waals surface area contributed by atoms with E-state index in [2.05, 4.69) is 15.0 Å². The standard InChI is InChI=1S/C17H17N5O2S/c1-22(2)17-20-14(19-16(18)21-17)10-24-15(23)13-9-8-12(25-13)11-6-4-3-5-7-11/h3-9H,10H2,1-2H3,(H2,18,19,20,21). The average Bonchev–Trinajstić information content (AvgIpc) is 3.10. The van der Waals surface area contributed by atoms with Gasteiger partial charge in [-0.2, -0.15) is 15.0 Å². The molecule has 7 nitrogen and oxygen atoms in total. The van der Waals surface area contributed by atoms with E-state index >= 15 is 0 Å². The van der Waals surface area contributed by atoms with Crippen LogP contribution >= 0.6 is 11.3 Å². The van der Waals surface area contributed by atoms with Crippen LogP contribution in [0.3, 0.4) is 0 Å². The molecule has 0 radical (unpaired) electrons. The summed E-state index contributed by atoms with van der Waals surface area (Å²) in [6.07, 6.45) is 0. The van der Waals surface area contributed by atoms with E-state index in [1.807, 2.05) is 36.4 Å². The molecular weight excluding hydrogens is 338 g/mol. The van der Waals surface area contributed by atoms with Crippen LogP contribution in [0.25, 0.3) is 10.4 Å². The maximum Gasteiger partial charge on any atom is 0.348 e. The molecule has 0 fully saturated rings. The predicted molar refractivity (Wildman–Crippen MR) is 97.4 cm³/mol. The number of ether oxygens (including phenoxy) is 1. The maximum absolute atomic E-state index is 12.2. The number of hydrogen-bond donors (Lipinski definition) is 1. The molecular formula is C17H17N5O2S. The quantitative estimate of drug-likeness (QED) is 0.703. The molecule has 0 spiro atoms. The van der Waals surface area contributed by atoms with Crippen LogP contribution < -0.4 is 10.6 Å². The second-order valence-electron chi connectivity index (χ2n) is 5.41. The topological polar surface area (TPSA) is 94.2 Å². The fraction of sp³-hybridized carbons (Fsp3) is 0.176. The number of hydrogen-bond acceptors (Lipinski definition) is 8. The van der Waals surface area contributed by atoms with Crippen LogP contribution in [-0.2, 0) is 11.3 Å². The second kappa shape index (κ2) is 7.27. The van der Waals surface area contributed by atoms with Crippen molar-refractivity contribution >= 4 is 29.2 Å². The number of esters is 1. The second-order valence-corrected chi connectivity index (χ2v) is 6.49. The van der Waals surface area contributed by atoms with Crippen molar-refractivity contribution in [2.45, 2.75) is 6.61 Å². The number of aromatic nitrogens is 3. The van der Waals surface area contributed by atoms with E-state index in [1.165, 1.54) is 11.3 Å². The van der Waals surface area contributed by atoms with Crippen LogP contribution in [0.15, 0.2) is 42.5 Å². The fourth-order valence-corrected chi connectivity index (χ4v) is 3.00. The smallest absolute Gasteiger partial charge is 0.348 e. The summed E-state index contributed by atoms with van der Waals surface area (Å²) in [5.41, 5.74) is 6.72. The van der Waals surface area contributed by atoms with E-state index in [-0.39, 0.29) is 12.6 Å². The van der Waals surface area contributed by atoms with Gasteiger partial charge in [-0.05, 0) is 17.7 Å². The number of nitrogen functional groups attached to an aromatic ring is 1. The van der Waals surface area contributed by atoms with Crippen LogP contribution in [-0.4, -0.2) is 35.0 Å². The van der Waals surface area contributed by atoms with Gasteiger partial charge in [-0.3, -0.25) is 0 Å². The highest BCUT2D eigenvalue weighted by Crippen LogP contribution is 2.28. The highest BCUT2D eigenvalue weighted by Gasteiger charge is 2.14. The zero-order chi connectivity index (χ0) is 17.8. The number of nitrogens with zero attached hydrogens (tertiary/aromatic N) is 4. The van der Waals surface area contributed by atoms with Gasteiger partial charge in [-0.15, -0.1) is 11.3 Å². The number of rotatable bonds is 5. The van der Waals surface area contributed by atoms with Gasteiger partial charge in [0.15, 0.2) is 12.4 Å². The van der Waals surface area contributed by atoms with Crippen molar-refractivity contribution in [1.82, 2.24) is 15.0 Å². The van der Waals surface area contributed by atoms with Gasteiger partial charge >= 0.3 is 5.97 Å². The van der Waals surface area contributed by atoms with Crippen molar-refractivity contribution in [2.24, 2.45) is 0 Å². The van der Waals surface area contributed by atoms with Crippen LogP contribution in [0.5, 0.6) is 0 Å². The van der Waals surface area contributed by atoms with Gasteiger partial charge in [0.25, 0.3) is 0 Å². The van der Waals surface area contributed by atoms with Crippen molar-refractivity contribution < 1.29 is 9.53 Å². The molecule has 128 valence electrons. The zero-order valence-corrected chi connectivity index (χ0v) is 14.7. The molecule has 0 bridgehead atoms. The number of benzene rings is 1. The SMILES string of the molecule is CN(C)c1nc(N)nc(COC(=O)c2ccc(-c3ccccc3)s2)n1. The van der Waals surface area contributed by atoms with Gasteiger partial charge in [0.2, 0.25) is 11.9 Å². The van der Waals surface area contributed by atoms with Gasteiger partial charge in [-0.25, -0.2) is 4.79 Å². The maximum atomic E-state index is 12.2. The molecule has 2 heterocycles. The van der Waals surface area contributed by atoms with E-state index < -0.39 is 5.97 Å². The van der Waals surface area contributed by atoms with Crippen molar-refractivity contribution in [3.05, 3.63) is 53.2 Å². The molecule has 0 aliphatic carbocycles. The fourth-order valence-electron chi connectivity index (χ4n) is 2.10. The Kier molecular flexibility index (Phi) is 4.90. The van der Waals surface area contributed by atoms with E-state index in [0.29, 0.717) is 16.6 Å². The summed E-state index contributed by atoms with van der Waals surface area (Å²) >= 11 is 1.38. The lowest BCUT2D eigenvalue weighted by Gasteiger charge is -2.11. The first-order chi connectivity index (χ1) is 12.0. The minimum Gasteiger partial charge on any atom is -0.453 e. The Morgan fingerprint density at radius 3 is 2.60 bits per heavy atom. The summed E-state index contributed by atoms with van der Waals surface area (Å²) in [6.45, 7) is -0.0645. The van der Waals surface area contributed by atoms with Gasteiger partial charge in [0.05, 0.1) is 0 Å². The van der Waals surface area contributed by atoms with Gasteiger partial charge < -0.3 is 15.4 Å². The van der Waals surface area contributed by atoms with Crippen molar-refractivity contribution in [2.75, 3.05) is 24.7 Å². The molecule has 0 saturated heterocycles. The Labute approximate surface area is 149 Å². The third-order valence-corrected chi connectivity index (χ3v) is 4.40. The molecule has 0 unspecified atom stereocenters. The lowest BCUT2D eigenvalue weighted by molar-refractivity contribution is 0.0468. The molecule has 8 heteroatoms. The van der Waals surface area contributed by atoms with Gasteiger partial charge in [0, 0.05) is 19.0 Å². The summed E-state index contributed by atoms with van der Waals surface area (Å²) in [4.78, 5) is 27.7. The van der Waals surface area contributed by atoms with E-state index in [1.54, 1.807) is 25.1 Å². The van der Waals surface area contributed by atoms with Crippen molar-refractivity contribution in [3.8, 4) is 10.4 Å². The van der Waals surface area contributed by atoms with Crippen LogP contribution in [0.4, 0.5) is 11.9 Å². The minimum atomic E-state index is -0.419. The minimum absolute atomic E-state index is 0.0645. The number of thiophene rings is 1. The van der Waals surface area contributed by atoms with Gasteiger partial charge in [0.1, 0.15) is 4.88 Å². The van der Waals surface area contributed by atoms with E-state index in [9.17, 15) is 4.79 Å². The molecule has 0 atom stereocenters. The Morgan fingerprint density at radius 2 is 1.88 bits per heavy atom. The molecule has 2 aromatic heterocycles. The monoisotopic (exact) mass is 355 g/mol. The van der Waals surface area contributed by atoms with Crippen LogP contribution in [0, 0.1) is 0 Å². The van der Waals surface area contributed by atoms with Crippen LogP contribution in [0.1, 0.15) is 15.5 Å². The van der Waals surface area contributed by atoms with Crippen LogP contribution in [0.2, 0.25) is 0 Å². The molecule has 0 saturated carbocycles. The molecule has 3 aromatic rings. The average molecular weight is 355 g/mol. The first-order valence-electron chi connectivity index (χ1n) is 7.53. The third kappa shape index (κ3) is 4.10. The highest BCUT2D eigenvalue weighted by molar-refractivity contribution is 7.17. The molecule has 0 aliphatic rings. The lowest BCUT2D eigenvalue weighted by Crippen LogP contribution is -2.17. The Bertz CT molecular complexity index is 880. The Hall–Kier alpha value is -3.00. The first kappa shape index (κ1) is 16.8. The van der Waals surface area contributed by atoms with E-state index in [4.69, 9.17) is 10.5 Å². The summed E-state index contributed by atoms with van der Waals surface area (Å²) in [6, 6.07) is 13.5. The number of anilines is 2. The molecule has 0 amide bonds. The molecule has 0 aliphatic heterocycles. The molecule has 1 aromatic carbocycles. The third-order valence-electron chi connectivity index (χ3n) is 3.29. The summed E-state index contributed by atoms with van der Waals surface area (Å²) < 4.78 is 5.30. The largest absolute Gasteiger partial charge is 0.453 e. The van der Waals surface area contributed by atoms with E-state index in [0.717, 1.165) is 10.4 Å². The van der Waals surface area contributed by atoms with Crippen molar-refractivity contribution in [1.29, 1.82) is 0 Å². The Morgan fingerprint density at radius 1 is 1.12 bits per heavy atom. The summed E-state index contributed by atoms with van der Waals surface area (Å²) in [5.74, 6) is 0.398. The van der Waals surface area contributed by atoms with Crippen molar-refractivity contribution in [3.63, 3.8) is 0 Å². The van der Waals surface area contributed by atoms with Gasteiger partial charge in [-0.1, -0.05) is 30.3 Å². The lowest BCUT2D eigenvalue weighted by atomic mass is 10.2. The number of carbonyl (C=O) groups excluding carboxylic acids is 1. The summed E-state index contributed by atoms with van der Waals surface area (Å²) in [5, 5.41) is 0. The highest BCUT2D eigenvalue weighted by atomic mass is 32.1. The predicted octanol–water partition coefficient (Wildman–Crippen LogP) is 2.61.